The lowest BCUT2D eigenvalue weighted by atomic mass is 10.1. The van der Waals surface area contributed by atoms with Gasteiger partial charge in [0.05, 0.1) is 11.4 Å². The maximum absolute atomic E-state index is 13.2. The van der Waals surface area contributed by atoms with Crippen LogP contribution in [0.15, 0.2) is 41.3 Å². The van der Waals surface area contributed by atoms with Gasteiger partial charge in [0.25, 0.3) is 0 Å². The Balaban J connectivity index is 1.89. The Morgan fingerprint density at radius 3 is 2.16 bits per heavy atom. The van der Waals surface area contributed by atoms with E-state index < -0.39 is 29.3 Å². The highest BCUT2D eigenvalue weighted by Crippen LogP contribution is 2.34. The Morgan fingerprint density at radius 1 is 0.969 bits per heavy atom. The summed E-state index contributed by atoms with van der Waals surface area (Å²) in [5.41, 5.74) is -0.969. The normalized spacial score (nSPS) is 16.8. The van der Waals surface area contributed by atoms with Gasteiger partial charge in [-0.2, -0.15) is 0 Å². The zero-order valence-corrected chi connectivity index (χ0v) is 20.9. The van der Waals surface area contributed by atoms with E-state index in [1.165, 1.54) is 16.7 Å². The van der Waals surface area contributed by atoms with Crippen LogP contribution in [0.2, 0.25) is 0 Å². The van der Waals surface area contributed by atoms with Crippen LogP contribution in [0, 0.1) is 0 Å². The molecule has 0 bridgehead atoms. The molecule has 1 fully saturated rings. The van der Waals surface area contributed by atoms with E-state index in [2.05, 4.69) is 0 Å². The maximum atomic E-state index is 13.2. The van der Waals surface area contributed by atoms with E-state index in [1.807, 2.05) is 30.3 Å². The van der Waals surface area contributed by atoms with Gasteiger partial charge in [-0.3, -0.25) is 9.69 Å². The predicted octanol–water partition coefficient (Wildman–Crippen LogP) is 5.72. The molecule has 172 valence electrons. The number of carbonyl (C=O) groups is 3. The molecule has 0 saturated carbocycles. The van der Waals surface area contributed by atoms with Crippen LogP contribution in [0.25, 0.3) is 10.8 Å². The van der Waals surface area contributed by atoms with Crippen molar-refractivity contribution in [3.8, 4) is 0 Å². The van der Waals surface area contributed by atoms with Crippen molar-refractivity contribution in [1.29, 1.82) is 0 Å². The van der Waals surface area contributed by atoms with Gasteiger partial charge in [-0.15, -0.1) is 11.8 Å². The molecule has 1 heterocycles. The molecule has 2 aromatic carbocycles. The smallest absolute Gasteiger partial charge is 0.411 e. The molecular formula is C24H29NO5S2. The average Bonchev–Trinajstić information content (AvgIpc) is 3.15. The fourth-order valence-corrected chi connectivity index (χ4v) is 5.36. The van der Waals surface area contributed by atoms with Crippen LogP contribution in [-0.2, 0) is 14.3 Å². The van der Waals surface area contributed by atoms with Crippen molar-refractivity contribution in [1.82, 2.24) is 4.90 Å². The lowest BCUT2D eigenvalue weighted by Crippen LogP contribution is -2.43. The van der Waals surface area contributed by atoms with Crippen molar-refractivity contribution in [2.75, 3.05) is 11.6 Å². The molecule has 0 N–H and O–H groups in total. The molecule has 0 spiro atoms. The zero-order chi connectivity index (χ0) is 23.7. The summed E-state index contributed by atoms with van der Waals surface area (Å²) >= 11 is 2.48. The predicted molar refractivity (Wildman–Crippen MR) is 129 cm³/mol. The van der Waals surface area contributed by atoms with Crippen molar-refractivity contribution in [2.24, 2.45) is 0 Å². The number of hydrogen-bond donors (Lipinski definition) is 0. The van der Waals surface area contributed by atoms with E-state index in [0.717, 1.165) is 22.5 Å². The van der Waals surface area contributed by atoms with E-state index >= 15 is 0 Å². The molecular weight excluding hydrogens is 446 g/mol. The van der Waals surface area contributed by atoms with Gasteiger partial charge in [0.15, 0.2) is 0 Å². The van der Waals surface area contributed by atoms with E-state index in [-0.39, 0.29) is 5.12 Å². The standard InChI is InChI=1S/C24H29NO5S2/c1-23(2,3)29-20(26)17-11-15-9-7-8-10-16(15)12-19(17)32-21(27)18-13-31-14-25(18)22(28)30-24(4,5)6/h7-12,18H,13-14H2,1-6H3/t18-/m0/s1. The number of nitrogens with zero attached hydrogens (tertiary/aromatic N) is 1. The van der Waals surface area contributed by atoms with Crippen LogP contribution in [0.5, 0.6) is 0 Å². The summed E-state index contributed by atoms with van der Waals surface area (Å²) in [5, 5.41) is 1.60. The monoisotopic (exact) mass is 475 g/mol. The summed E-state index contributed by atoms with van der Waals surface area (Å²) in [7, 11) is 0. The summed E-state index contributed by atoms with van der Waals surface area (Å²) in [6.07, 6.45) is -0.507. The molecule has 6 nitrogen and oxygen atoms in total. The number of benzene rings is 2. The SMILES string of the molecule is CC(C)(C)OC(=O)c1cc2ccccc2cc1SC(=O)[C@@H]1CSCN1C(=O)OC(C)(C)C. The second-order valence-corrected chi connectivity index (χ2v) is 11.6. The highest BCUT2D eigenvalue weighted by atomic mass is 32.2. The van der Waals surface area contributed by atoms with Crippen molar-refractivity contribution in [3.05, 3.63) is 42.0 Å². The van der Waals surface area contributed by atoms with E-state index in [1.54, 1.807) is 47.6 Å². The highest BCUT2D eigenvalue weighted by Gasteiger charge is 2.38. The van der Waals surface area contributed by atoms with Crippen LogP contribution >= 0.6 is 23.5 Å². The van der Waals surface area contributed by atoms with E-state index in [9.17, 15) is 14.4 Å². The minimum absolute atomic E-state index is 0.207. The number of fused-ring (bicyclic) bond motifs is 1. The molecule has 1 saturated heterocycles. The van der Waals surface area contributed by atoms with Gasteiger partial charge in [-0.25, -0.2) is 9.59 Å². The van der Waals surface area contributed by atoms with Gasteiger partial charge in [0.2, 0.25) is 5.12 Å². The summed E-state index contributed by atoms with van der Waals surface area (Å²) in [4.78, 5) is 40.7. The first kappa shape index (κ1) is 24.5. The number of esters is 1. The molecule has 0 radical (unpaired) electrons. The lowest BCUT2D eigenvalue weighted by Gasteiger charge is -2.27. The van der Waals surface area contributed by atoms with Crippen LogP contribution in [0.3, 0.4) is 0 Å². The Morgan fingerprint density at radius 2 is 1.56 bits per heavy atom. The lowest BCUT2D eigenvalue weighted by molar-refractivity contribution is -0.114. The van der Waals surface area contributed by atoms with Gasteiger partial charge in [0.1, 0.15) is 17.2 Å². The quantitative estimate of drug-likeness (QED) is 0.415. The second kappa shape index (κ2) is 9.35. The molecule has 1 aliphatic heterocycles. The second-order valence-electron chi connectivity index (χ2n) is 9.58. The number of ether oxygens (including phenoxy) is 2. The minimum Gasteiger partial charge on any atom is -0.456 e. The Kier molecular flexibility index (Phi) is 7.15. The van der Waals surface area contributed by atoms with Crippen LogP contribution in [-0.4, -0.2) is 51.0 Å². The Labute approximate surface area is 197 Å². The third-order valence-corrected chi connectivity index (χ3v) is 6.50. The number of thioether (sulfide) groups is 2. The minimum atomic E-state index is -0.662. The van der Waals surface area contributed by atoms with Crippen LogP contribution < -0.4 is 0 Å². The highest BCUT2D eigenvalue weighted by molar-refractivity contribution is 8.14. The molecule has 1 amide bonds. The molecule has 0 aromatic heterocycles. The maximum Gasteiger partial charge on any atom is 0.411 e. The van der Waals surface area contributed by atoms with Gasteiger partial charge >= 0.3 is 12.1 Å². The topological polar surface area (TPSA) is 72.9 Å². The summed E-state index contributed by atoms with van der Waals surface area (Å²) < 4.78 is 11.0. The van der Waals surface area contributed by atoms with Crippen molar-refractivity contribution < 1.29 is 23.9 Å². The molecule has 0 aliphatic carbocycles. The first-order valence-electron chi connectivity index (χ1n) is 10.4. The van der Waals surface area contributed by atoms with Gasteiger partial charge in [-0.1, -0.05) is 24.3 Å². The van der Waals surface area contributed by atoms with Crippen molar-refractivity contribution >= 4 is 51.5 Å². The molecule has 0 unspecified atom stereocenters. The number of hydrogen-bond acceptors (Lipinski definition) is 7. The summed E-state index contributed by atoms with van der Waals surface area (Å²) in [6, 6.07) is 10.6. The van der Waals surface area contributed by atoms with Crippen molar-refractivity contribution in [2.45, 2.75) is 63.7 Å². The molecule has 32 heavy (non-hydrogen) atoms. The fourth-order valence-electron chi connectivity index (χ4n) is 3.11. The first-order chi connectivity index (χ1) is 14.8. The van der Waals surface area contributed by atoms with Gasteiger partial charge in [-0.05, 0) is 76.2 Å². The molecule has 2 aromatic rings. The average molecular weight is 476 g/mol. The number of carbonyl (C=O) groups excluding carboxylic acids is 3. The molecule has 1 aliphatic rings. The largest absolute Gasteiger partial charge is 0.456 e. The van der Waals surface area contributed by atoms with Crippen molar-refractivity contribution in [3.63, 3.8) is 0 Å². The van der Waals surface area contributed by atoms with Gasteiger partial charge in [0, 0.05) is 10.6 Å². The first-order valence-corrected chi connectivity index (χ1v) is 12.4. The Hall–Kier alpha value is -2.19. The van der Waals surface area contributed by atoms with E-state index in [0.29, 0.717) is 22.1 Å². The molecule has 1 atom stereocenters. The molecule has 8 heteroatoms. The van der Waals surface area contributed by atoms with Crippen LogP contribution in [0.1, 0.15) is 51.9 Å². The third kappa shape index (κ3) is 6.19. The molecule has 3 rings (SSSR count). The summed E-state index contributed by atoms with van der Waals surface area (Å²) in [6.45, 7) is 10.8. The zero-order valence-electron chi connectivity index (χ0n) is 19.3. The number of rotatable bonds is 3. The Bertz CT molecular complexity index is 1040. The number of amides is 1. The van der Waals surface area contributed by atoms with Gasteiger partial charge < -0.3 is 9.47 Å². The van der Waals surface area contributed by atoms with E-state index in [4.69, 9.17) is 9.47 Å². The summed E-state index contributed by atoms with van der Waals surface area (Å²) in [5.74, 6) is 0.395. The third-order valence-electron chi connectivity index (χ3n) is 4.46. The van der Waals surface area contributed by atoms with Crippen LogP contribution in [0.4, 0.5) is 4.79 Å². The fraction of sp³-hybridized carbons (Fsp3) is 0.458.